The molecule has 0 aliphatic heterocycles. The quantitative estimate of drug-likeness (QED) is 0.693. The van der Waals surface area contributed by atoms with E-state index in [2.05, 4.69) is 16.4 Å². The van der Waals surface area contributed by atoms with Crippen LogP contribution in [0.25, 0.3) is 0 Å². The van der Waals surface area contributed by atoms with Crippen LogP contribution >= 0.6 is 22.7 Å². The first-order chi connectivity index (χ1) is 11.7. The van der Waals surface area contributed by atoms with Crippen LogP contribution in [0.5, 0.6) is 5.75 Å². The van der Waals surface area contributed by atoms with Crippen LogP contribution in [0.4, 0.5) is 0 Å². The normalized spacial score (nSPS) is 10.5. The molecular formula is C18H18N2O2S2. The van der Waals surface area contributed by atoms with Gasteiger partial charge in [-0.3, -0.25) is 4.79 Å². The molecule has 0 bridgehead atoms. The Morgan fingerprint density at radius 3 is 2.71 bits per heavy atom. The van der Waals surface area contributed by atoms with E-state index in [0.717, 1.165) is 22.9 Å². The highest BCUT2D eigenvalue weighted by Crippen LogP contribution is 2.15. The minimum atomic E-state index is -0.0618. The van der Waals surface area contributed by atoms with Gasteiger partial charge in [-0.15, -0.1) is 22.7 Å². The van der Waals surface area contributed by atoms with Crippen molar-refractivity contribution in [1.82, 2.24) is 10.3 Å². The second-order valence-electron chi connectivity index (χ2n) is 5.26. The lowest BCUT2D eigenvalue weighted by atomic mass is 10.2. The average molecular weight is 358 g/mol. The van der Waals surface area contributed by atoms with Gasteiger partial charge in [0.25, 0.3) is 5.91 Å². The minimum absolute atomic E-state index is 0.0618. The Balaban J connectivity index is 1.47. The van der Waals surface area contributed by atoms with Gasteiger partial charge in [0.15, 0.2) is 0 Å². The van der Waals surface area contributed by atoms with Gasteiger partial charge in [0.1, 0.15) is 12.4 Å². The molecule has 124 valence electrons. The highest BCUT2D eigenvalue weighted by molar-refractivity contribution is 7.10. The largest absolute Gasteiger partial charge is 0.487 e. The van der Waals surface area contributed by atoms with Gasteiger partial charge >= 0.3 is 0 Å². The molecular weight excluding hydrogens is 340 g/mol. The molecule has 1 amide bonds. The van der Waals surface area contributed by atoms with E-state index < -0.39 is 0 Å². The van der Waals surface area contributed by atoms with Crippen LogP contribution < -0.4 is 10.1 Å². The number of benzene rings is 1. The monoisotopic (exact) mass is 358 g/mol. The first-order valence-electron chi connectivity index (χ1n) is 7.65. The highest BCUT2D eigenvalue weighted by atomic mass is 32.1. The molecule has 0 fully saturated rings. The molecule has 1 N–H and O–H groups in total. The Morgan fingerprint density at radius 1 is 1.21 bits per heavy atom. The van der Waals surface area contributed by atoms with Crippen LogP contribution in [0.1, 0.15) is 25.9 Å². The van der Waals surface area contributed by atoms with Crippen LogP contribution in [-0.4, -0.2) is 17.4 Å². The highest BCUT2D eigenvalue weighted by Gasteiger charge is 2.06. The zero-order chi connectivity index (χ0) is 16.8. The predicted molar refractivity (Wildman–Crippen MR) is 98.0 cm³/mol. The molecule has 0 atom stereocenters. The molecule has 0 radical (unpaired) electrons. The fourth-order valence-electron chi connectivity index (χ4n) is 2.19. The van der Waals surface area contributed by atoms with Crippen molar-refractivity contribution in [3.8, 4) is 5.75 Å². The summed E-state index contributed by atoms with van der Waals surface area (Å²) >= 11 is 3.31. The third kappa shape index (κ3) is 4.66. The predicted octanol–water partition coefficient (Wildman–Crippen LogP) is 4.06. The molecule has 4 nitrogen and oxygen atoms in total. The lowest BCUT2D eigenvalue weighted by molar-refractivity contribution is 0.0954. The summed E-state index contributed by atoms with van der Waals surface area (Å²) in [6.45, 7) is 3.05. The molecule has 0 aliphatic rings. The first-order valence-corrected chi connectivity index (χ1v) is 9.41. The van der Waals surface area contributed by atoms with Crippen molar-refractivity contribution in [2.45, 2.75) is 20.0 Å². The van der Waals surface area contributed by atoms with Crippen molar-refractivity contribution in [3.63, 3.8) is 0 Å². The fraction of sp³-hybridized carbons (Fsp3) is 0.222. The summed E-state index contributed by atoms with van der Waals surface area (Å²) in [7, 11) is 0. The SMILES string of the molecule is Cc1nc(COc2ccc(C(=O)NCCc3cccs3)cc2)cs1. The minimum Gasteiger partial charge on any atom is -0.487 e. The van der Waals surface area contributed by atoms with Crippen LogP contribution in [0, 0.1) is 6.92 Å². The van der Waals surface area contributed by atoms with E-state index in [-0.39, 0.29) is 5.91 Å². The molecule has 6 heteroatoms. The number of amides is 1. The lowest BCUT2D eigenvalue weighted by Crippen LogP contribution is -2.25. The summed E-state index contributed by atoms with van der Waals surface area (Å²) in [6, 6.07) is 11.3. The Hall–Kier alpha value is -2.18. The van der Waals surface area contributed by atoms with Gasteiger partial charge in [-0.25, -0.2) is 4.98 Å². The summed E-state index contributed by atoms with van der Waals surface area (Å²) in [5, 5.41) is 8.00. The molecule has 3 aromatic rings. The zero-order valence-corrected chi connectivity index (χ0v) is 15.0. The topological polar surface area (TPSA) is 51.2 Å². The van der Waals surface area contributed by atoms with Crippen LogP contribution in [0.2, 0.25) is 0 Å². The summed E-state index contributed by atoms with van der Waals surface area (Å²) in [6.07, 6.45) is 0.859. The van der Waals surface area contributed by atoms with Crippen molar-refractivity contribution in [2.75, 3.05) is 6.54 Å². The van der Waals surface area contributed by atoms with E-state index in [1.54, 1.807) is 34.8 Å². The molecule has 0 saturated heterocycles. The van der Waals surface area contributed by atoms with E-state index >= 15 is 0 Å². The van der Waals surface area contributed by atoms with E-state index in [1.165, 1.54) is 4.88 Å². The molecule has 1 aromatic carbocycles. The average Bonchev–Trinajstić information content (AvgIpc) is 3.25. The molecule has 0 aliphatic carbocycles. The number of aromatic nitrogens is 1. The second kappa shape index (κ2) is 8.08. The van der Waals surface area contributed by atoms with Gasteiger partial charge in [0, 0.05) is 22.4 Å². The molecule has 2 heterocycles. The molecule has 0 unspecified atom stereocenters. The van der Waals surface area contributed by atoms with Gasteiger partial charge in [-0.05, 0) is 49.1 Å². The molecule has 0 saturated carbocycles. The van der Waals surface area contributed by atoms with Crippen LogP contribution in [-0.2, 0) is 13.0 Å². The summed E-state index contributed by atoms with van der Waals surface area (Å²) < 4.78 is 5.68. The number of hydrogen-bond donors (Lipinski definition) is 1. The Bertz CT molecular complexity index is 780. The van der Waals surface area contributed by atoms with Gasteiger partial charge < -0.3 is 10.1 Å². The number of carbonyl (C=O) groups excluding carboxylic acids is 1. The summed E-state index contributed by atoms with van der Waals surface area (Å²) in [5.41, 5.74) is 1.56. The maximum Gasteiger partial charge on any atom is 0.251 e. The van der Waals surface area contributed by atoms with Gasteiger partial charge in [-0.2, -0.15) is 0 Å². The van der Waals surface area contributed by atoms with Crippen LogP contribution in [0.3, 0.4) is 0 Å². The number of aryl methyl sites for hydroxylation is 1. The van der Waals surface area contributed by atoms with Crippen molar-refractivity contribution in [3.05, 3.63) is 68.3 Å². The van der Waals surface area contributed by atoms with Gasteiger partial charge in [-0.1, -0.05) is 6.07 Å². The molecule has 0 spiro atoms. The number of nitrogens with zero attached hydrogens (tertiary/aromatic N) is 1. The molecule has 2 aromatic heterocycles. The van der Waals surface area contributed by atoms with Crippen molar-refractivity contribution in [2.24, 2.45) is 0 Å². The number of nitrogens with one attached hydrogen (secondary N) is 1. The third-order valence-electron chi connectivity index (χ3n) is 3.41. The Labute approximate surface area is 149 Å². The Kier molecular flexibility index (Phi) is 5.61. The van der Waals surface area contributed by atoms with Crippen molar-refractivity contribution in [1.29, 1.82) is 0 Å². The van der Waals surface area contributed by atoms with E-state index in [1.807, 2.05) is 35.9 Å². The number of carbonyl (C=O) groups is 1. The van der Waals surface area contributed by atoms with E-state index in [9.17, 15) is 4.79 Å². The van der Waals surface area contributed by atoms with Crippen molar-refractivity contribution < 1.29 is 9.53 Å². The maximum absolute atomic E-state index is 12.1. The molecule has 24 heavy (non-hydrogen) atoms. The third-order valence-corrected chi connectivity index (χ3v) is 5.17. The number of rotatable bonds is 7. The van der Waals surface area contributed by atoms with Gasteiger partial charge in [0.2, 0.25) is 0 Å². The van der Waals surface area contributed by atoms with Crippen molar-refractivity contribution >= 4 is 28.6 Å². The standard InChI is InChI=1S/C18H18N2O2S2/c1-13-20-15(12-24-13)11-22-16-6-4-14(5-7-16)18(21)19-9-8-17-3-2-10-23-17/h2-7,10,12H,8-9,11H2,1H3,(H,19,21). The van der Waals surface area contributed by atoms with Crippen LogP contribution in [0.15, 0.2) is 47.2 Å². The number of ether oxygens (including phenoxy) is 1. The second-order valence-corrected chi connectivity index (χ2v) is 7.35. The number of thiophene rings is 1. The summed E-state index contributed by atoms with van der Waals surface area (Å²) in [5.74, 6) is 0.670. The maximum atomic E-state index is 12.1. The lowest BCUT2D eigenvalue weighted by Gasteiger charge is -2.07. The van der Waals surface area contributed by atoms with Gasteiger partial charge in [0.05, 0.1) is 10.7 Å². The smallest absolute Gasteiger partial charge is 0.251 e. The van der Waals surface area contributed by atoms with E-state index in [4.69, 9.17) is 4.74 Å². The van der Waals surface area contributed by atoms with E-state index in [0.29, 0.717) is 18.7 Å². The summed E-state index contributed by atoms with van der Waals surface area (Å²) in [4.78, 5) is 17.7. The number of hydrogen-bond acceptors (Lipinski definition) is 5. The molecule has 3 rings (SSSR count). The first kappa shape index (κ1) is 16.7. The Morgan fingerprint density at radius 2 is 2.04 bits per heavy atom. The fourth-order valence-corrected chi connectivity index (χ4v) is 3.50. The zero-order valence-electron chi connectivity index (χ0n) is 13.3. The number of thiazole rings is 1.